The molecule has 0 radical (unpaired) electrons. The van der Waals surface area contributed by atoms with Crippen molar-refractivity contribution in [2.75, 3.05) is 0 Å². The average molecular weight is 222 g/mol. The summed E-state index contributed by atoms with van der Waals surface area (Å²) in [6, 6.07) is 0. The van der Waals surface area contributed by atoms with Crippen LogP contribution in [-0.2, 0) is 4.79 Å². The molecule has 0 fully saturated rings. The number of nitrogens with zero attached hydrogens (tertiary/aromatic N) is 2. The number of carbonyl (C=O) groups excluding carboxylic acids is 1. The molecule has 1 rings (SSSR count). The third-order valence-electron chi connectivity index (χ3n) is 2.22. The number of carbonyl (C=O) groups is 1. The maximum atomic E-state index is 11.4. The van der Waals surface area contributed by atoms with E-state index in [0.717, 1.165) is 12.8 Å². The van der Waals surface area contributed by atoms with E-state index in [-0.39, 0.29) is 5.97 Å². The van der Waals surface area contributed by atoms with Gasteiger partial charge in [-0.3, -0.25) is 4.79 Å². The van der Waals surface area contributed by atoms with Gasteiger partial charge in [0.25, 0.3) is 0 Å². The molecular weight excluding hydrogens is 204 g/mol. The van der Waals surface area contributed by atoms with Gasteiger partial charge in [0.2, 0.25) is 0 Å². The van der Waals surface area contributed by atoms with E-state index in [1.807, 2.05) is 0 Å². The molecule has 1 aromatic heterocycles. The van der Waals surface area contributed by atoms with Crippen molar-refractivity contribution in [3.05, 3.63) is 18.2 Å². The largest absolute Gasteiger partial charge is 0.423 e. The molecule has 1 heterocycles. The van der Waals surface area contributed by atoms with Crippen molar-refractivity contribution in [2.24, 2.45) is 0 Å². The van der Waals surface area contributed by atoms with Crippen molar-refractivity contribution in [1.29, 1.82) is 0 Å². The van der Waals surface area contributed by atoms with Crippen LogP contribution in [0.3, 0.4) is 0 Å². The highest BCUT2D eigenvalue weighted by atomic mass is 16.5. The molecule has 0 bridgehead atoms. The topological polar surface area (TPSA) is 52.1 Å². The summed E-state index contributed by atoms with van der Waals surface area (Å²) in [6.45, 7) is 3.93. The molecule has 0 aliphatic rings. The minimum Gasteiger partial charge on any atom is -0.423 e. The van der Waals surface area contributed by atoms with Crippen LogP contribution in [0.5, 0.6) is 5.75 Å². The number of aromatic nitrogens is 2. The smallest absolute Gasteiger partial charge is 0.311 e. The van der Waals surface area contributed by atoms with E-state index in [1.165, 1.54) is 25.2 Å². The lowest BCUT2D eigenvalue weighted by atomic mass is 10.2. The van der Waals surface area contributed by atoms with Crippen LogP contribution in [0.15, 0.2) is 12.4 Å². The molecule has 0 saturated carbocycles. The second kappa shape index (κ2) is 6.93. The molecule has 0 amide bonds. The number of unbranched alkanes of at least 4 members (excludes halogenated alkanes) is 3. The number of aryl methyl sites for hydroxylation is 1. The summed E-state index contributed by atoms with van der Waals surface area (Å²) >= 11 is 0. The van der Waals surface area contributed by atoms with Crippen molar-refractivity contribution in [3.8, 4) is 5.75 Å². The lowest BCUT2D eigenvalue weighted by molar-refractivity contribution is -0.134. The van der Waals surface area contributed by atoms with E-state index in [9.17, 15) is 4.79 Å². The quantitative estimate of drug-likeness (QED) is 0.548. The Morgan fingerprint density at radius 2 is 1.94 bits per heavy atom. The number of ether oxygens (including phenoxy) is 1. The molecular formula is C12H18N2O2. The Morgan fingerprint density at radius 3 is 2.56 bits per heavy atom. The van der Waals surface area contributed by atoms with Crippen molar-refractivity contribution >= 4 is 5.97 Å². The van der Waals surface area contributed by atoms with E-state index in [4.69, 9.17) is 4.74 Å². The minimum absolute atomic E-state index is 0.205. The van der Waals surface area contributed by atoms with Crippen LogP contribution >= 0.6 is 0 Å². The maximum absolute atomic E-state index is 11.4. The fourth-order valence-corrected chi connectivity index (χ4v) is 1.31. The average Bonchev–Trinajstić information content (AvgIpc) is 2.28. The first-order valence-electron chi connectivity index (χ1n) is 5.71. The molecule has 0 aromatic carbocycles. The monoisotopic (exact) mass is 222 g/mol. The third kappa shape index (κ3) is 4.87. The zero-order valence-electron chi connectivity index (χ0n) is 9.90. The SMILES string of the molecule is CCCCCCC(=O)Oc1cnc(C)nc1. The summed E-state index contributed by atoms with van der Waals surface area (Å²) in [4.78, 5) is 19.3. The van der Waals surface area contributed by atoms with Gasteiger partial charge in [0.05, 0.1) is 12.4 Å². The number of rotatable bonds is 6. The standard InChI is InChI=1S/C12H18N2O2/c1-3-4-5-6-7-12(15)16-11-8-13-10(2)14-9-11/h8-9H,3-7H2,1-2H3. The second-order valence-electron chi connectivity index (χ2n) is 3.75. The van der Waals surface area contributed by atoms with Gasteiger partial charge in [0.1, 0.15) is 5.82 Å². The van der Waals surface area contributed by atoms with E-state index in [1.54, 1.807) is 6.92 Å². The molecule has 4 heteroatoms. The van der Waals surface area contributed by atoms with Crippen molar-refractivity contribution in [1.82, 2.24) is 9.97 Å². The van der Waals surface area contributed by atoms with E-state index >= 15 is 0 Å². The molecule has 0 spiro atoms. The lowest BCUT2D eigenvalue weighted by Crippen LogP contribution is -2.08. The molecule has 0 aliphatic heterocycles. The fourth-order valence-electron chi connectivity index (χ4n) is 1.31. The Labute approximate surface area is 96.1 Å². The summed E-state index contributed by atoms with van der Waals surface area (Å²) in [5, 5.41) is 0. The first-order chi connectivity index (χ1) is 7.72. The van der Waals surface area contributed by atoms with Crippen LogP contribution < -0.4 is 4.74 Å². The van der Waals surface area contributed by atoms with Crippen LogP contribution in [0.4, 0.5) is 0 Å². The Bertz CT molecular complexity index is 322. The van der Waals surface area contributed by atoms with Gasteiger partial charge in [-0.05, 0) is 13.3 Å². The predicted octanol–water partition coefficient (Wildman–Crippen LogP) is 2.66. The highest BCUT2D eigenvalue weighted by molar-refractivity contribution is 5.72. The van der Waals surface area contributed by atoms with Gasteiger partial charge in [-0.15, -0.1) is 0 Å². The van der Waals surface area contributed by atoms with Crippen LogP contribution in [0.25, 0.3) is 0 Å². The normalized spacial score (nSPS) is 10.1. The lowest BCUT2D eigenvalue weighted by Gasteiger charge is -2.03. The van der Waals surface area contributed by atoms with Crippen molar-refractivity contribution in [3.63, 3.8) is 0 Å². The summed E-state index contributed by atoms with van der Waals surface area (Å²) in [6.07, 6.45) is 7.81. The number of esters is 1. The van der Waals surface area contributed by atoms with Gasteiger partial charge < -0.3 is 4.74 Å². The molecule has 0 N–H and O–H groups in total. The molecule has 0 atom stereocenters. The van der Waals surface area contributed by atoms with Gasteiger partial charge in [-0.2, -0.15) is 0 Å². The molecule has 0 aliphatic carbocycles. The molecule has 0 saturated heterocycles. The van der Waals surface area contributed by atoms with Gasteiger partial charge in [0.15, 0.2) is 5.75 Å². The number of hydrogen-bond acceptors (Lipinski definition) is 4. The van der Waals surface area contributed by atoms with E-state index < -0.39 is 0 Å². The van der Waals surface area contributed by atoms with Crippen molar-refractivity contribution < 1.29 is 9.53 Å². The molecule has 16 heavy (non-hydrogen) atoms. The summed E-state index contributed by atoms with van der Waals surface area (Å²) in [7, 11) is 0. The second-order valence-corrected chi connectivity index (χ2v) is 3.75. The highest BCUT2D eigenvalue weighted by Gasteiger charge is 2.04. The third-order valence-corrected chi connectivity index (χ3v) is 2.22. The summed E-state index contributed by atoms with van der Waals surface area (Å²) in [5.74, 6) is 0.886. The first-order valence-corrected chi connectivity index (χ1v) is 5.71. The Kier molecular flexibility index (Phi) is 5.46. The number of hydrogen-bond donors (Lipinski definition) is 0. The zero-order valence-corrected chi connectivity index (χ0v) is 9.90. The first kappa shape index (κ1) is 12.6. The molecule has 1 aromatic rings. The van der Waals surface area contributed by atoms with Gasteiger partial charge >= 0.3 is 5.97 Å². The minimum atomic E-state index is -0.205. The van der Waals surface area contributed by atoms with Crippen LogP contribution in [0, 0.1) is 6.92 Å². The van der Waals surface area contributed by atoms with Gasteiger partial charge in [-0.1, -0.05) is 26.2 Å². The Morgan fingerprint density at radius 1 is 1.25 bits per heavy atom. The van der Waals surface area contributed by atoms with E-state index in [2.05, 4.69) is 16.9 Å². The molecule has 88 valence electrons. The van der Waals surface area contributed by atoms with Crippen molar-refractivity contribution in [2.45, 2.75) is 46.0 Å². The highest BCUT2D eigenvalue weighted by Crippen LogP contribution is 2.09. The summed E-state index contributed by atoms with van der Waals surface area (Å²) < 4.78 is 5.09. The molecule has 0 unspecified atom stereocenters. The van der Waals surface area contributed by atoms with Gasteiger partial charge in [-0.25, -0.2) is 9.97 Å². The molecule has 4 nitrogen and oxygen atoms in total. The fraction of sp³-hybridized carbons (Fsp3) is 0.583. The van der Waals surface area contributed by atoms with E-state index in [0.29, 0.717) is 18.0 Å². The zero-order chi connectivity index (χ0) is 11.8. The Hall–Kier alpha value is -1.45. The summed E-state index contributed by atoms with van der Waals surface area (Å²) in [5.41, 5.74) is 0. The van der Waals surface area contributed by atoms with Crippen LogP contribution in [-0.4, -0.2) is 15.9 Å². The van der Waals surface area contributed by atoms with Crippen LogP contribution in [0.2, 0.25) is 0 Å². The maximum Gasteiger partial charge on any atom is 0.311 e. The predicted molar refractivity (Wildman–Crippen MR) is 61.2 cm³/mol. The Balaban J connectivity index is 2.26. The van der Waals surface area contributed by atoms with Crippen LogP contribution in [0.1, 0.15) is 44.9 Å². The van der Waals surface area contributed by atoms with Gasteiger partial charge in [0, 0.05) is 6.42 Å².